The lowest BCUT2D eigenvalue weighted by molar-refractivity contribution is -0.145. The molecule has 2 N–H and O–H groups in total. The van der Waals surface area contributed by atoms with Gasteiger partial charge in [0.1, 0.15) is 5.75 Å². The monoisotopic (exact) mass is 665 g/mol. The van der Waals surface area contributed by atoms with Gasteiger partial charge in [0.25, 0.3) is 11.8 Å². The van der Waals surface area contributed by atoms with Crippen molar-refractivity contribution in [2.24, 2.45) is 5.92 Å². The number of carbonyl (C=O) groups excluding carboxylic acids is 2. The number of anilines is 2. The number of benzene rings is 3. The van der Waals surface area contributed by atoms with Crippen LogP contribution in [-0.4, -0.2) is 66.4 Å². The number of nitrogens with one attached hydrogen (secondary N) is 1. The van der Waals surface area contributed by atoms with Crippen LogP contribution in [0.1, 0.15) is 35.0 Å². The van der Waals surface area contributed by atoms with Crippen LogP contribution in [0.4, 0.5) is 11.4 Å². The molecule has 1 saturated heterocycles. The van der Waals surface area contributed by atoms with Crippen LogP contribution in [0.25, 0.3) is 0 Å². The molecule has 11 heteroatoms. The molecule has 10 nitrogen and oxygen atoms in total. The fraction of sp³-hybridized carbons (Fsp3) is 0.351. The largest absolute Gasteiger partial charge is 0.497 e. The van der Waals surface area contributed by atoms with E-state index in [4.69, 9.17) is 9.47 Å². The van der Waals surface area contributed by atoms with Crippen LogP contribution in [0.15, 0.2) is 91.6 Å². The SMILES string of the molecule is C=CCN1C(=O)[C@@]2(O[C@@H](CCn3cc(CCO)nn3)[C@H]([Si](C)(C)c3ccc(OC)cc3)[C@H]2C)c2cc(NC(=O)c3ccccc3)ccc21. The van der Waals surface area contributed by atoms with Crippen molar-refractivity contribution in [2.45, 2.75) is 56.7 Å². The maximum absolute atomic E-state index is 14.7. The molecule has 1 aromatic heterocycles. The van der Waals surface area contributed by atoms with E-state index in [2.05, 4.69) is 54.4 Å². The molecule has 2 aliphatic rings. The third-order valence-electron chi connectivity index (χ3n) is 10.0. The van der Waals surface area contributed by atoms with Crippen molar-refractivity contribution in [2.75, 3.05) is 30.5 Å². The number of rotatable bonds is 12. The first-order valence-electron chi connectivity index (χ1n) is 16.4. The van der Waals surface area contributed by atoms with Gasteiger partial charge >= 0.3 is 0 Å². The molecule has 0 bridgehead atoms. The lowest BCUT2D eigenvalue weighted by atomic mass is 9.82. The third-order valence-corrected chi connectivity index (χ3v) is 14.4. The number of hydrogen-bond donors (Lipinski definition) is 2. The molecule has 4 aromatic rings. The summed E-state index contributed by atoms with van der Waals surface area (Å²) in [6.07, 6.45) is 4.35. The van der Waals surface area contributed by atoms with Crippen LogP contribution in [0.2, 0.25) is 18.6 Å². The van der Waals surface area contributed by atoms with E-state index in [-0.39, 0.29) is 36.0 Å². The topological polar surface area (TPSA) is 119 Å². The maximum Gasteiger partial charge on any atom is 0.264 e. The zero-order chi connectivity index (χ0) is 34.1. The highest BCUT2D eigenvalue weighted by atomic mass is 28.3. The number of fused-ring (bicyclic) bond motifs is 2. The summed E-state index contributed by atoms with van der Waals surface area (Å²) < 4.78 is 14.4. The summed E-state index contributed by atoms with van der Waals surface area (Å²) in [7, 11) is -0.680. The number of methoxy groups -OCH3 is 1. The Hall–Kier alpha value is -4.58. The summed E-state index contributed by atoms with van der Waals surface area (Å²) >= 11 is 0. The second-order valence-corrected chi connectivity index (χ2v) is 17.8. The van der Waals surface area contributed by atoms with Gasteiger partial charge in [-0.05, 0) is 54.4 Å². The standard InChI is InChI=1S/C37H43N5O5Si/c1-6-20-42-32-17-12-27(38-35(44)26-10-8-7-9-11-26)23-31(32)37(36(42)45)25(2)34(48(4,5)30-15-13-29(46-3)14-16-30)33(47-37)18-21-41-24-28(19-22-43)39-40-41/h6-17,23-25,33-34,43H,1,18-22H2,2-5H3,(H,38,44)/t25-,33+,34-,37+/m1/s1. The molecule has 4 atom stereocenters. The molecular formula is C37H43N5O5Si. The minimum atomic E-state index is -2.34. The van der Waals surface area contributed by atoms with Crippen LogP contribution in [0.5, 0.6) is 5.75 Å². The van der Waals surface area contributed by atoms with Gasteiger partial charge in [0, 0.05) is 55.0 Å². The Kier molecular flexibility index (Phi) is 9.37. The number of amides is 2. The van der Waals surface area contributed by atoms with Crippen molar-refractivity contribution in [1.29, 1.82) is 0 Å². The van der Waals surface area contributed by atoms with Gasteiger partial charge in [-0.1, -0.05) is 66.8 Å². The van der Waals surface area contributed by atoms with Gasteiger partial charge in [0.05, 0.1) is 32.7 Å². The number of aliphatic hydroxyl groups excluding tert-OH is 1. The number of carbonyl (C=O) groups is 2. The van der Waals surface area contributed by atoms with E-state index in [9.17, 15) is 14.7 Å². The predicted molar refractivity (Wildman–Crippen MR) is 188 cm³/mol. The number of hydrogen-bond acceptors (Lipinski definition) is 7. The Morgan fingerprint density at radius 2 is 1.90 bits per heavy atom. The lowest BCUT2D eigenvalue weighted by Crippen LogP contribution is -2.51. The number of nitrogens with zero attached hydrogens (tertiary/aromatic N) is 4. The number of aryl methyl sites for hydroxylation is 1. The quantitative estimate of drug-likeness (QED) is 0.163. The molecule has 3 aromatic carbocycles. The van der Waals surface area contributed by atoms with Crippen molar-refractivity contribution in [3.63, 3.8) is 0 Å². The van der Waals surface area contributed by atoms with Gasteiger partial charge in [0.15, 0.2) is 5.60 Å². The fourth-order valence-electron chi connectivity index (χ4n) is 7.70. The Labute approximate surface area is 282 Å². The van der Waals surface area contributed by atoms with Gasteiger partial charge in [-0.15, -0.1) is 11.7 Å². The average Bonchev–Trinajstić information content (AvgIpc) is 3.74. The molecule has 48 heavy (non-hydrogen) atoms. The molecule has 6 rings (SSSR count). The van der Waals surface area contributed by atoms with E-state index in [0.717, 1.165) is 22.7 Å². The van der Waals surface area contributed by atoms with Gasteiger partial charge < -0.3 is 24.8 Å². The summed E-state index contributed by atoms with van der Waals surface area (Å²) in [5.74, 6) is 0.249. The van der Waals surface area contributed by atoms with E-state index >= 15 is 0 Å². The smallest absolute Gasteiger partial charge is 0.264 e. The zero-order valence-electron chi connectivity index (χ0n) is 27.9. The van der Waals surface area contributed by atoms with Crippen LogP contribution in [0.3, 0.4) is 0 Å². The van der Waals surface area contributed by atoms with Crippen molar-refractivity contribution < 1.29 is 24.2 Å². The minimum Gasteiger partial charge on any atom is -0.497 e. The van der Waals surface area contributed by atoms with Crippen molar-refractivity contribution in [1.82, 2.24) is 15.0 Å². The fourth-order valence-corrected chi connectivity index (χ4v) is 11.8. The minimum absolute atomic E-state index is 0.00467. The summed E-state index contributed by atoms with van der Waals surface area (Å²) in [6, 6.07) is 23.0. The molecule has 2 aliphatic heterocycles. The van der Waals surface area contributed by atoms with Crippen LogP contribution in [-0.2, 0) is 28.1 Å². The zero-order valence-corrected chi connectivity index (χ0v) is 28.9. The van der Waals surface area contributed by atoms with Crippen LogP contribution < -0.4 is 20.1 Å². The van der Waals surface area contributed by atoms with E-state index in [1.807, 2.05) is 54.7 Å². The highest BCUT2D eigenvalue weighted by Gasteiger charge is 2.66. The second-order valence-electron chi connectivity index (χ2n) is 13.1. The van der Waals surface area contributed by atoms with Gasteiger partial charge in [-0.2, -0.15) is 0 Å². The Balaban J connectivity index is 1.42. The first kappa shape index (κ1) is 33.3. The molecule has 0 saturated carbocycles. The third kappa shape index (κ3) is 5.86. The highest BCUT2D eigenvalue weighted by Crippen LogP contribution is 2.60. The molecule has 3 heterocycles. The number of aliphatic hydroxyl groups is 1. The molecule has 1 spiro atoms. The second kappa shape index (κ2) is 13.5. The molecule has 0 radical (unpaired) electrons. The van der Waals surface area contributed by atoms with Crippen LogP contribution >= 0.6 is 0 Å². The molecule has 0 unspecified atom stereocenters. The highest BCUT2D eigenvalue weighted by molar-refractivity contribution is 6.91. The molecule has 2 amide bonds. The Bertz CT molecular complexity index is 1790. The van der Waals surface area contributed by atoms with Crippen LogP contribution in [0, 0.1) is 5.92 Å². The Morgan fingerprint density at radius 1 is 1.15 bits per heavy atom. The van der Waals surface area contributed by atoms with Gasteiger partial charge in [-0.25, -0.2) is 0 Å². The molecule has 0 aliphatic carbocycles. The maximum atomic E-state index is 14.7. The van der Waals surface area contributed by atoms with Gasteiger partial charge in [0.2, 0.25) is 0 Å². The number of aromatic nitrogens is 3. The van der Waals surface area contributed by atoms with Crippen molar-refractivity contribution in [3.05, 3.63) is 108 Å². The van der Waals surface area contributed by atoms with E-state index < -0.39 is 13.7 Å². The molecular weight excluding hydrogens is 623 g/mol. The Morgan fingerprint density at radius 3 is 2.58 bits per heavy atom. The van der Waals surface area contributed by atoms with E-state index in [1.54, 1.807) is 34.9 Å². The lowest BCUT2D eigenvalue weighted by Gasteiger charge is -2.37. The first-order chi connectivity index (χ1) is 23.1. The molecule has 250 valence electrons. The van der Waals surface area contributed by atoms with E-state index in [0.29, 0.717) is 37.2 Å². The number of ether oxygens (including phenoxy) is 2. The predicted octanol–water partition coefficient (Wildman–Crippen LogP) is 4.91. The van der Waals surface area contributed by atoms with E-state index in [1.165, 1.54) is 5.19 Å². The summed E-state index contributed by atoms with van der Waals surface area (Å²) in [5, 5.41) is 22.1. The summed E-state index contributed by atoms with van der Waals surface area (Å²) in [6.45, 7) is 11.6. The normalized spacial score (nSPS) is 21.8. The van der Waals surface area contributed by atoms with Gasteiger partial charge in [-0.3, -0.25) is 14.3 Å². The van der Waals surface area contributed by atoms with Crippen molar-refractivity contribution >= 4 is 36.4 Å². The average molecular weight is 666 g/mol. The first-order valence-corrected chi connectivity index (χ1v) is 19.5. The molecule has 1 fully saturated rings. The van der Waals surface area contributed by atoms with Crippen molar-refractivity contribution in [3.8, 4) is 5.75 Å². The summed E-state index contributed by atoms with van der Waals surface area (Å²) in [5.41, 5.74) is 2.16. The summed E-state index contributed by atoms with van der Waals surface area (Å²) in [4.78, 5) is 29.7.